The Morgan fingerprint density at radius 3 is 1.45 bits per heavy atom. The van der Waals surface area contributed by atoms with Crippen molar-refractivity contribution < 1.29 is 4.42 Å². The van der Waals surface area contributed by atoms with Crippen molar-refractivity contribution in [1.29, 1.82) is 0 Å². The molecule has 10 rings (SSSR count). The summed E-state index contributed by atoms with van der Waals surface area (Å²) < 4.78 is 6.84. The van der Waals surface area contributed by atoms with Gasteiger partial charge >= 0.3 is 0 Å². The first kappa shape index (κ1) is 27.5. The topological polar surface area (TPSA) is 51.8 Å². The van der Waals surface area contributed by atoms with E-state index >= 15 is 0 Å². The smallest absolute Gasteiger partial charge is 0.164 e. The van der Waals surface area contributed by atoms with Crippen LogP contribution in [0.4, 0.5) is 0 Å². The number of rotatable bonds is 4. The van der Waals surface area contributed by atoms with Crippen LogP contribution in [0.3, 0.4) is 0 Å². The molecule has 0 atom stereocenters. The number of nitrogens with zero attached hydrogens (tertiary/aromatic N) is 3. The SMILES string of the molecule is c1ccc(-c2nc(-c3ccccc3)nc(-c3ccccc3-c3cc4c5ccccc5c5ccccc5c4c4oc5ccccc5c34)n2)cc1. The second kappa shape index (κ2) is 11.0. The highest BCUT2D eigenvalue weighted by atomic mass is 16.3. The third-order valence-corrected chi connectivity index (χ3v) is 9.51. The highest BCUT2D eigenvalue weighted by molar-refractivity contribution is 6.34. The first-order valence-electron chi connectivity index (χ1n) is 16.5. The maximum atomic E-state index is 6.84. The first-order valence-corrected chi connectivity index (χ1v) is 16.5. The number of furan rings is 1. The molecule has 228 valence electrons. The molecule has 0 bridgehead atoms. The van der Waals surface area contributed by atoms with E-state index in [0.29, 0.717) is 17.5 Å². The van der Waals surface area contributed by atoms with Gasteiger partial charge in [0, 0.05) is 32.8 Å². The largest absolute Gasteiger partial charge is 0.455 e. The van der Waals surface area contributed by atoms with Crippen LogP contribution in [-0.2, 0) is 0 Å². The standard InChI is InChI=1S/C45H27N3O/c1-3-15-28(16-4-1)43-46-44(29-17-5-2-6-18-29)48-45(47-43)35-24-12-10-22-33(35)38-27-37-32-21-8-7-19-30(32)31-20-9-11-23-34(31)40(37)42-41(38)36-25-13-14-26-39(36)49-42/h1-27H. The normalized spacial score (nSPS) is 11.7. The predicted octanol–water partition coefficient (Wildman–Crippen LogP) is 11.9. The van der Waals surface area contributed by atoms with Gasteiger partial charge < -0.3 is 4.42 Å². The van der Waals surface area contributed by atoms with E-state index in [-0.39, 0.29) is 0 Å². The van der Waals surface area contributed by atoms with Crippen molar-refractivity contribution in [1.82, 2.24) is 15.0 Å². The minimum Gasteiger partial charge on any atom is -0.455 e. The summed E-state index contributed by atoms with van der Waals surface area (Å²) in [5.41, 5.74) is 6.65. The van der Waals surface area contributed by atoms with Gasteiger partial charge in [0.25, 0.3) is 0 Å². The number of fused-ring (bicyclic) bond motifs is 10. The molecule has 0 radical (unpaired) electrons. The van der Waals surface area contributed by atoms with Gasteiger partial charge in [-0.15, -0.1) is 0 Å². The Balaban J connectivity index is 1.33. The van der Waals surface area contributed by atoms with Crippen LogP contribution < -0.4 is 0 Å². The molecular weight excluding hydrogens is 599 g/mol. The summed E-state index contributed by atoms with van der Waals surface area (Å²) >= 11 is 0. The number of benzene rings is 8. The molecule has 2 heterocycles. The highest BCUT2D eigenvalue weighted by Crippen LogP contribution is 2.47. The highest BCUT2D eigenvalue weighted by Gasteiger charge is 2.23. The van der Waals surface area contributed by atoms with Crippen LogP contribution >= 0.6 is 0 Å². The van der Waals surface area contributed by atoms with E-state index < -0.39 is 0 Å². The Kier molecular flexibility index (Phi) is 6.15. The molecule has 0 aliphatic carbocycles. The average molecular weight is 626 g/mol. The molecular formula is C45H27N3O. The maximum Gasteiger partial charge on any atom is 0.164 e. The predicted molar refractivity (Wildman–Crippen MR) is 201 cm³/mol. The quantitative estimate of drug-likeness (QED) is 0.183. The van der Waals surface area contributed by atoms with E-state index in [1.54, 1.807) is 0 Å². The van der Waals surface area contributed by atoms with E-state index in [9.17, 15) is 0 Å². The maximum absolute atomic E-state index is 6.84. The van der Waals surface area contributed by atoms with E-state index in [1.165, 1.54) is 21.5 Å². The molecule has 0 unspecified atom stereocenters. The van der Waals surface area contributed by atoms with Gasteiger partial charge in [-0.25, -0.2) is 15.0 Å². The summed E-state index contributed by atoms with van der Waals surface area (Å²) in [6.45, 7) is 0. The van der Waals surface area contributed by atoms with Crippen molar-refractivity contribution in [3.8, 4) is 45.3 Å². The summed E-state index contributed by atoms with van der Waals surface area (Å²) in [6.07, 6.45) is 0. The average Bonchev–Trinajstić information content (AvgIpc) is 3.58. The molecule has 0 N–H and O–H groups in total. The fourth-order valence-electron chi connectivity index (χ4n) is 7.32. The van der Waals surface area contributed by atoms with E-state index in [1.807, 2.05) is 66.7 Å². The minimum atomic E-state index is 0.618. The second-order valence-corrected chi connectivity index (χ2v) is 12.3. The number of aromatic nitrogens is 3. The van der Waals surface area contributed by atoms with Crippen LogP contribution in [-0.4, -0.2) is 15.0 Å². The molecule has 0 aliphatic heterocycles. The van der Waals surface area contributed by atoms with Gasteiger partial charge in [0.15, 0.2) is 17.5 Å². The van der Waals surface area contributed by atoms with Gasteiger partial charge in [-0.2, -0.15) is 0 Å². The third-order valence-electron chi connectivity index (χ3n) is 9.51. The molecule has 0 fully saturated rings. The molecule has 0 saturated heterocycles. The Labute approximate surface area is 282 Å². The molecule has 0 spiro atoms. The fraction of sp³-hybridized carbons (Fsp3) is 0. The van der Waals surface area contributed by atoms with Crippen LogP contribution in [0.5, 0.6) is 0 Å². The van der Waals surface area contributed by atoms with Crippen LogP contribution in [0, 0.1) is 0 Å². The van der Waals surface area contributed by atoms with Gasteiger partial charge in [-0.1, -0.05) is 152 Å². The Bertz CT molecular complexity index is 2820. The lowest BCUT2D eigenvalue weighted by Gasteiger charge is -2.16. The summed E-state index contributed by atoms with van der Waals surface area (Å²) in [5, 5.41) is 9.23. The van der Waals surface area contributed by atoms with Gasteiger partial charge in [-0.05, 0) is 50.2 Å². The second-order valence-electron chi connectivity index (χ2n) is 12.3. The van der Waals surface area contributed by atoms with Gasteiger partial charge in [0.2, 0.25) is 0 Å². The molecule has 4 heteroatoms. The fourth-order valence-corrected chi connectivity index (χ4v) is 7.32. The number of para-hydroxylation sites is 1. The van der Waals surface area contributed by atoms with Gasteiger partial charge in [-0.3, -0.25) is 0 Å². The lowest BCUT2D eigenvalue weighted by Crippen LogP contribution is -2.01. The lowest BCUT2D eigenvalue weighted by atomic mass is 9.88. The van der Waals surface area contributed by atoms with Crippen molar-refractivity contribution >= 4 is 54.3 Å². The van der Waals surface area contributed by atoms with E-state index in [0.717, 1.165) is 60.5 Å². The van der Waals surface area contributed by atoms with Crippen molar-refractivity contribution in [3.63, 3.8) is 0 Å². The first-order chi connectivity index (χ1) is 24.3. The third kappa shape index (κ3) is 4.35. The summed E-state index contributed by atoms with van der Waals surface area (Å²) in [6, 6.07) is 56.7. The Morgan fingerprint density at radius 1 is 0.327 bits per heavy atom. The zero-order valence-corrected chi connectivity index (χ0v) is 26.3. The molecule has 0 saturated carbocycles. The van der Waals surface area contributed by atoms with Crippen LogP contribution in [0.2, 0.25) is 0 Å². The van der Waals surface area contributed by atoms with Crippen molar-refractivity contribution in [2.75, 3.05) is 0 Å². The number of hydrogen-bond acceptors (Lipinski definition) is 4. The Hall–Kier alpha value is -6.65. The van der Waals surface area contributed by atoms with E-state index in [4.69, 9.17) is 19.4 Å². The monoisotopic (exact) mass is 625 g/mol. The minimum absolute atomic E-state index is 0.618. The van der Waals surface area contributed by atoms with E-state index in [2.05, 4.69) is 97.1 Å². The zero-order valence-electron chi connectivity index (χ0n) is 26.3. The summed E-state index contributed by atoms with van der Waals surface area (Å²) in [7, 11) is 0. The molecule has 8 aromatic carbocycles. The number of hydrogen-bond donors (Lipinski definition) is 0. The summed E-state index contributed by atoms with van der Waals surface area (Å²) in [5.74, 6) is 1.89. The van der Waals surface area contributed by atoms with Crippen molar-refractivity contribution in [3.05, 3.63) is 164 Å². The van der Waals surface area contributed by atoms with Crippen LogP contribution in [0.15, 0.2) is 168 Å². The van der Waals surface area contributed by atoms with Gasteiger partial charge in [0.05, 0.1) is 0 Å². The zero-order chi connectivity index (χ0) is 32.3. The molecule has 4 nitrogen and oxygen atoms in total. The van der Waals surface area contributed by atoms with Crippen molar-refractivity contribution in [2.45, 2.75) is 0 Å². The van der Waals surface area contributed by atoms with Gasteiger partial charge in [0.1, 0.15) is 11.2 Å². The Morgan fingerprint density at radius 2 is 0.796 bits per heavy atom. The molecule has 0 amide bonds. The molecule has 2 aromatic heterocycles. The molecule has 10 aromatic rings. The van der Waals surface area contributed by atoms with Crippen LogP contribution in [0.1, 0.15) is 0 Å². The van der Waals surface area contributed by atoms with Crippen LogP contribution in [0.25, 0.3) is 99.5 Å². The molecule has 49 heavy (non-hydrogen) atoms. The lowest BCUT2D eigenvalue weighted by molar-refractivity contribution is 0.673. The molecule has 0 aliphatic rings. The van der Waals surface area contributed by atoms with Crippen molar-refractivity contribution in [2.24, 2.45) is 0 Å². The summed E-state index contributed by atoms with van der Waals surface area (Å²) in [4.78, 5) is 15.2.